The molecular formula is C14H10N4. The van der Waals surface area contributed by atoms with Gasteiger partial charge in [-0.1, -0.05) is 41.6 Å². The molecule has 0 radical (unpaired) electrons. The molecule has 86 valence electrons. The molecule has 0 bridgehead atoms. The minimum atomic E-state index is 0.610. The van der Waals surface area contributed by atoms with Gasteiger partial charge in [-0.25, -0.2) is 9.53 Å². The fourth-order valence-electron chi connectivity index (χ4n) is 1.90. The van der Waals surface area contributed by atoms with Crippen molar-refractivity contribution >= 4 is 16.7 Å². The third-order valence-corrected chi connectivity index (χ3v) is 2.80. The quantitative estimate of drug-likeness (QED) is 0.639. The SMILES string of the molecule is [C-]#[N+]c1ccc2nnn(Cc3ccccc3)c2c1. The third-order valence-electron chi connectivity index (χ3n) is 2.80. The molecule has 4 nitrogen and oxygen atoms in total. The van der Waals surface area contributed by atoms with Crippen molar-refractivity contribution in [1.82, 2.24) is 15.0 Å². The van der Waals surface area contributed by atoms with Gasteiger partial charge in [0.25, 0.3) is 0 Å². The lowest BCUT2D eigenvalue weighted by atomic mass is 10.2. The summed E-state index contributed by atoms with van der Waals surface area (Å²) >= 11 is 0. The van der Waals surface area contributed by atoms with E-state index in [0.717, 1.165) is 16.6 Å². The first-order valence-electron chi connectivity index (χ1n) is 5.61. The summed E-state index contributed by atoms with van der Waals surface area (Å²) in [6.07, 6.45) is 0. The number of benzene rings is 2. The number of rotatable bonds is 2. The molecule has 3 aromatic rings. The van der Waals surface area contributed by atoms with Crippen LogP contribution in [0.4, 0.5) is 5.69 Å². The van der Waals surface area contributed by atoms with Gasteiger partial charge in [0.1, 0.15) is 5.52 Å². The second-order valence-electron chi connectivity index (χ2n) is 4.02. The average Bonchev–Trinajstić information content (AvgIpc) is 2.82. The van der Waals surface area contributed by atoms with E-state index in [-0.39, 0.29) is 0 Å². The van der Waals surface area contributed by atoms with Crippen LogP contribution in [0.3, 0.4) is 0 Å². The number of fused-ring (bicyclic) bond motifs is 1. The molecule has 0 fully saturated rings. The molecule has 0 N–H and O–H groups in total. The number of nitrogens with zero attached hydrogens (tertiary/aromatic N) is 4. The van der Waals surface area contributed by atoms with Crippen molar-refractivity contribution in [2.75, 3.05) is 0 Å². The Bertz CT molecular complexity index is 722. The monoisotopic (exact) mass is 234 g/mol. The highest BCUT2D eigenvalue weighted by molar-refractivity contribution is 5.79. The van der Waals surface area contributed by atoms with Gasteiger partial charge in [-0.3, -0.25) is 0 Å². The van der Waals surface area contributed by atoms with Crippen molar-refractivity contribution in [1.29, 1.82) is 0 Å². The second-order valence-corrected chi connectivity index (χ2v) is 4.02. The van der Waals surface area contributed by atoms with Crippen molar-refractivity contribution in [3.8, 4) is 0 Å². The minimum absolute atomic E-state index is 0.610. The minimum Gasteiger partial charge on any atom is -0.242 e. The number of hydrogen-bond donors (Lipinski definition) is 0. The number of hydrogen-bond acceptors (Lipinski definition) is 2. The Morgan fingerprint density at radius 2 is 1.94 bits per heavy atom. The van der Waals surface area contributed by atoms with Gasteiger partial charge in [0.05, 0.1) is 18.6 Å². The van der Waals surface area contributed by atoms with Gasteiger partial charge in [-0.15, -0.1) is 5.10 Å². The highest BCUT2D eigenvalue weighted by Gasteiger charge is 2.05. The van der Waals surface area contributed by atoms with Crippen molar-refractivity contribution in [3.05, 3.63) is 65.5 Å². The van der Waals surface area contributed by atoms with Gasteiger partial charge in [0, 0.05) is 0 Å². The molecule has 1 heterocycles. The van der Waals surface area contributed by atoms with E-state index in [1.54, 1.807) is 6.07 Å². The first-order chi connectivity index (χ1) is 8.86. The Morgan fingerprint density at radius 1 is 1.11 bits per heavy atom. The fraction of sp³-hybridized carbons (Fsp3) is 0.0714. The number of aromatic nitrogens is 3. The molecule has 18 heavy (non-hydrogen) atoms. The van der Waals surface area contributed by atoms with Crippen molar-refractivity contribution in [3.63, 3.8) is 0 Å². The van der Waals surface area contributed by atoms with Gasteiger partial charge in [0.15, 0.2) is 5.69 Å². The molecule has 0 spiro atoms. The third kappa shape index (κ3) is 1.82. The van der Waals surface area contributed by atoms with Crippen LogP contribution in [0.15, 0.2) is 48.5 Å². The van der Waals surface area contributed by atoms with E-state index < -0.39 is 0 Å². The molecule has 0 atom stereocenters. The van der Waals surface area contributed by atoms with Gasteiger partial charge in [-0.2, -0.15) is 0 Å². The topological polar surface area (TPSA) is 35.1 Å². The van der Waals surface area contributed by atoms with Crippen LogP contribution in [0.1, 0.15) is 5.56 Å². The molecule has 0 saturated carbocycles. The van der Waals surface area contributed by atoms with Gasteiger partial charge >= 0.3 is 0 Å². The van der Waals surface area contributed by atoms with Crippen LogP contribution in [0.25, 0.3) is 15.9 Å². The van der Waals surface area contributed by atoms with Crippen LogP contribution in [0.5, 0.6) is 0 Å². The normalized spacial score (nSPS) is 10.4. The molecule has 3 rings (SSSR count). The van der Waals surface area contributed by atoms with E-state index in [4.69, 9.17) is 6.57 Å². The first-order valence-corrected chi connectivity index (χ1v) is 5.61. The fourth-order valence-corrected chi connectivity index (χ4v) is 1.90. The van der Waals surface area contributed by atoms with Gasteiger partial charge < -0.3 is 0 Å². The highest BCUT2D eigenvalue weighted by Crippen LogP contribution is 2.20. The molecule has 2 aromatic carbocycles. The predicted molar refractivity (Wildman–Crippen MR) is 69.3 cm³/mol. The van der Waals surface area contributed by atoms with Crippen LogP contribution >= 0.6 is 0 Å². The summed E-state index contributed by atoms with van der Waals surface area (Å²) in [5.74, 6) is 0. The van der Waals surface area contributed by atoms with E-state index in [0.29, 0.717) is 12.2 Å². The van der Waals surface area contributed by atoms with Gasteiger partial charge in [0.2, 0.25) is 0 Å². The Morgan fingerprint density at radius 3 is 2.72 bits per heavy atom. The molecule has 0 amide bonds. The summed E-state index contributed by atoms with van der Waals surface area (Å²) in [6.45, 7) is 7.70. The van der Waals surface area contributed by atoms with Crippen LogP contribution in [-0.2, 0) is 6.54 Å². The highest BCUT2D eigenvalue weighted by atomic mass is 15.4. The summed E-state index contributed by atoms with van der Waals surface area (Å²) < 4.78 is 1.82. The van der Waals surface area contributed by atoms with Crippen LogP contribution < -0.4 is 0 Å². The zero-order valence-corrected chi connectivity index (χ0v) is 9.61. The molecule has 0 saturated heterocycles. The summed E-state index contributed by atoms with van der Waals surface area (Å²) in [5, 5.41) is 8.23. The molecule has 0 aliphatic heterocycles. The Kier molecular flexibility index (Phi) is 2.50. The Labute approximate surface area is 104 Å². The van der Waals surface area contributed by atoms with Gasteiger partial charge in [-0.05, 0) is 17.7 Å². The summed E-state index contributed by atoms with van der Waals surface area (Å²) in [5.41, 5.74) is 3.49. The maximum absolute atomic E-state index is 7.04. The summed E-state index contributed by atoms with van der Waals surface area (Å²) in [4.78, 5) is 3.43. The molecular weight excluding hydrogens is 224 g/mol. The van der Waals surface area contributed by atoms with E-state index in [1.165, 1.54) is 0 Å². The molecule has 0 unspecified atom stereocenters. The lowest BCUT2D eigenvalue weighted by molar-refractivity contribution is 0.670. The molecule has 1 aromatic heterocycles. The lowest BCUT2D eigenvalue weighted by Gasteiger charge is -2.02. The summed E-state index contributed by atoms with van der Waals surface area (Å²) in [7, 11) is 0. The van der Waals surface area contributed by atoms with E-state index in [1.807, 2.05) is 47.1 Å². The van der Waals surface area contributed by atoms with Crippen LogP contribution in [0, 0.1) is 6.57 Å². The van der Waals surface area contributed by atoms with E-state index >= 15 is 0 Å². The van der Waals surface area contributed by atoms with Crippen molar-refractivity contribution in [2.24, 2.45) is 0 Å². The average molecular weight is 234 g/mol. The lowest BCUT2D eigenvalue weighted by Crippen LogP contribution is -2.01. The smallest absolute Gasteiger partial charge is 0.189 e. The molecule has 0 aliphatic rings. The zero-order valence-electron chi connectivity index (χ0n) is 9.61. The Hall–Kier alpha value is -2.67. The zero-order chi connectivity index (χ0) is 12.4. The largest absolute Gasteiger partial charge is 0.242 e. The van der Waals surface area contributed by atoms with Crippen LogP contribution in [0.2, 0.25) is 0 Å². The molecule has 4 heteroatoms. The predicted octanol–water partition coefficient (Wildman–Crippen LogP) is 3.03. The van der Waals surface area contributed by atoms with Crippen molar-refractivity contribution in [2.45, 2.75) is 6.54 Å². The summed E-state index contributed by atoms with van der Waals surface area (Å²) in [6, 6.07) is 15.5. The van der Waals surface area contributed by atoms with Crippen LogP contribution in [-0.4, -0.2) is 15.0 Å². The van der Waals surface area contributed by atoms with E-state index in [2.05, 4.69) is 15.2 Å². The first kappa shape index (κ1) is 10.5. The maximum atomic E-state index is 7.04. The maximum Gasteiger partial charge on any atom is 0.189 e. The molecule has 0 aliphatic carbocycles. The van der Waals surface area contributed by atoms with E-state index in [9.17, 15) is 0 Å². The standard InChI is InChI=1S/C14H10N4/c1-15-12-7-8-13-14(9-12)18(17-16-13)10-11-5-3-2-4-6-11/h2-9H,10H2. The van der Waals surface area contributed by atoms with Crippen molar-refractivity contribution < 1.29 is 0 Å². The second kappa shape index (κ2) is 4.30. The Balaban J connectivity index is 2.05.